The van der Waals surface area contributed by atoms with Gasteiger partial charge in [-0.1, -0.05) is 29.2 Å². The zero-order valence-electron chi connectivity index (χ0n) is 11.4. The van der Waals surface area contributed by atoms with E-state index in [0.717, 1.165) is 21.0 Å². The number of hydrogen-bond acceptors (Lipinski definition) is 5. The van der Waals surface area contributed by atoms with E-state index in [0.29, 0.717) is 0 Å². The molecule has 1 unspecified atom stereocenters. The second-order valence-electron chi connectivity index (χ2n) is 4.58. The number of hydrogen-bond donors (Lipinski definition) is 0. The SMILES string of the molecule is Cc1cc(C)c(C(=O)C(C)Sc2nncs2)cc1C. The van der Waals surface area contributed by atoms with Gasteiger partial charge in [-0.15, -0.1) is 10.2 Å². The van der Waals surface area contributed by atoms with Gasteiger partial charge in [0.15, 0.2) is 10.1 Å². The molecule has 0 amide bonds. The first kappa shape index (κ1) is 14.2. The quantitative estimate of drug-likeness (QED) is 0.634. The Morgan fingerprint density at radius 1 is 1.21 bits per heavy atom. The first-order chi connectivity index (χ1) is 8.99. The molecule has 2 aromatic rings. The molecular weight excluding hydrogens is 276 g/mol. The molecule has 0 aliphatic rings. The Labute approximate surface area is 121 Å². The maximum atomic E-state index is 12.5. The lowest BCUT2D eigenvalue weighted by Gasteiger charge is -2.12. The second-order valence-corrected chi connectivity index (χ2v) is 7.00. The Balaban J connectivity index is 2.21. The largest absolute Gasteiger partial charge is 0.293 e. The molecule has 1 heterocycles. The maximum absolute atomic E-state index is 12.5. The van der Waals surface area contributed by atoms with Crippen molar-refractivity contribution >= 4 is 28.9 Å². The average molecular weight is 292 g/mol. The van der Waals surface area contributed by atoms with Crippen LogP contribution in [0.4, 0.5) is 0 Å². The minimum Gasteiger partial charge on any atom is -0.293 e. The summed E-state index contributed by atoms with van der Waals surface area (Å²) in [5.41, 5.74) is 5.91. The Bertz CT molecular complexity index is 594. The van der Waals surface area contributed by atoms with Gasteiger partial charge in [0.05, 0.1) is 5.25 Å². The summed E-state index contributed by atoms with van der Waals surface area (Å²) in [6, 6.07) is 4.06. The predicted molar refractivity (Wildman–Crippen MR) is 80.2 cm³/mol. The van der Waals surface area contributed by atoms with Crippen molar-refractivity contribution in [3.05, 3.63) is 39.9 Å². The van der Waals surface area contributed by atoms with Gasteiger partial charge in [-0.05, 0) is 50.5 Å². The molecule has 1 aromatic heterocycles. The van der Waals surface area contributed by atoms with Crippen LogP contribution < -0.4 is 0 Å². The van der Waals surface area contributed by atoms with Gasteiger partial charge in [0.2, 0.25) is 0 Å². The monoisotopic (exact) mass is 292 g/mol. The third-order valence-electron chi connectivity index (χ3n) is 3.09. The minimum atomic E-state index is -0.145. The van der Waals surface area contributed by atoms with Crippen molar-refractivity contribution < 1.29 is 4.79 Å². The molecule has 0 aliphatic heterocycles. The fourth-order valence-corrected chi connectivity index (χ4v) is 3.56. The van der Waals surface area contributed by atoms with Crippen molar-refractivity contribution in [1.82, 2.24) is 10.2 Å². The summed E-state index contributed by atoms with van der Waals surface area (Å²) in [5.74, 6) is 0.154. The number of ketones is 1. The molecule has 0 N–H and O–H groups in total. The first-order valence-corrected chi connectivity index (χ1v) is 7.80. The van der Waals surface area contributed by atoms with E-state index < -0.39 is 0 Å². The lowest BCUT2D eigenvalue weighted by atomic mass is 9.97. The van der Waals surface area contributed by atoms with Crippen LogP contribution in [0, 0.1) is 20.8 Å². The minimum absolute atomic E-state index is 0.145. The number of carbonyl (C=O) groups excluding carboxylic acids is 1. The number of aryl methyl sites for hydroxylation is 3. The van der Waals surface area contributed by atoms with Gasteiger partial charge in [-0.3, -0.25) is 4.79 Å². The lowest BCUT2D eigenvalue weighted by Crippen LogP contribution is -2.15. The highest BCUT2D eigenvalue weighted by molar-refractivity contribution is 8.02. The third-order valence-corrected chi connectivity index (χ3v) is 5.00. The van der Waals surface area contributed by atoms with Crippen LogP contribution in [0.15, 0.2) is 22.0 Å². The van der Waals surface area contributed by atoms with E-state index in [-0.39, 0.29) is 11.0 Å². The summed E-state index contributed by atoms with van der Waals surface area (Å²) in [5, 5.41) is 7.61. The van der Waals surface area contributed by atoms with E-state index in [1.165, 1.54) is 28.7 Å². The van der Waals surface area contributed by atoms with Crippen molar-refractivity contribution in [2.24, 2.45) is 0 Å². The first-order valence-electron chi connectivity index (χ1n) is 6.04. The van der Waals surface area contributed by atoms with E-state index in [9.17, 15) is 4.79 Å². The van der Waals surface area contributed by atoms with Crippen LogP contribution in [-0.2, 0) is 0 Å². The topological polar surface area (TPSA) is 42.9 Å². The zero-order valence-corrected chi connectivity index (χ0v) is 13.1. The van der Waals surface area contributed by atoms with Crippen LogP contribution >= 0.6 is 23.1 Å². The van der Waals surface area contributed by atoms with Crippen molar-refractivity contribution in [3.8, 4) is 0 Å². The van der Waals surface area contributed by atoms with Crippen molar-refractivity contribution in [2.75, 3.05) is 0 Å². The highest BCUT2D eigenvalue weighted by atomic mass is 32.2. The molecule has 100 valence electrons. The summed E-state index contributed by atoms with van der Waals surface area (Å²) in [6.07, 6.45) is 0. The zero-order chi connectivity index (χ0) is 14.0. The Morgan fingerprint density at radius 2 is 1.89 bits per heavy atom. The smallest absolute Gasteiger partial charge is 0.176 e. The van der Waals surface area contributed by atoms with Gasteiger partial charge in [0.25, 0.3) is 0 Å². The van der Waals surface area contributed by atoms with Crippen LogP contribution in [0.2, 0.25) is 0 Å². The van der Waals surface area contributed by atoms with Gasteiger partial charge in [-0.2, -0.15) is 0 Å². The number of thioether (sulfide) groups is 1. The van der Waals surface area contributed by atoms with Crippen LogP contribution in [0.1, 0.15) is 34.0 Å². The molecule has 2 rings (SSSR count). The standard InChI is InChI=1S/C14H16N2OS2/c1-8-5-10(3)12(6-9(8)2)13(17)11(4)19-14-16-15-7-18-14/h5-7,11H,1-4H3. The number of carbonyl (C=O) groups is 1. The Morgan fingerprint density at radius 3 is 2.53 bits per heavy atom. The van der Waals surface area contributed by atoms with E-state index in [4.69, 9.17) is 0 Å². The summed E-state index contributed by atoms with van der Waals surface area (Å²) in [7, 11) is 0. The van der Waals surface area contributed by atoms with Crippen LogP contribution in [-0.4, -0.2) is 21.2 Å². The van der Waals surface area contributed by atoms with Gasteiger partial charge in [0, 0.05) is 5.56 Å². The van der Waals surface area contributed by atoms with Crippen molar-refractivity contribution in [1.29, 1.82) is 0 Å². The maximum Gasteiger partial charge on any atom is 0.176 e. The van der Waals surface area contributed by atoms with Gasteiger partial charge >= 0.3 is 0 Å². The molecule has 19 heavy (non-hydrogen) atoms. The summed E-state index contributed by atoms with van der Waals surface area (Å²) < 4.78 is 0.835. The van der Waals surface area contributed by atoms with E-state index >= 15 is 0 Å². The summed E-state index contributed by atoms with van der Waals surface area (Å²) >= 11 is 2.93. The normalized spacial score (nSPS) is 12.4. The second kappa shape index (κ2) is 5.84. The molecular formula is C14H16N2OS2. The molecule has 1 atom stereocenters. The molecule has 0 spiro atoms. The number of aromatic nitrogens is 2. The van der Waals surface area contributed by atoms with Crippen LogP contribution in [0.5, 0.6) is 0 Å². The number of Topliss-reactive ketones (excluding diaryl/α,β-unsaturated/α-hetero) is 1. The van der Waals surface area contributed by atoms with Gasteiger partial charge in [0.1, 0.15) is 5.51 Å². The Kier molecular flexibility index (Phi) is 4.37. The summed E-state index contributed by atoms with van der Waals surface area (Å²) in [4.78, 5) is 12.5. The third kappa shape index (κ3) is 3.22. The molecule has 3 nitrogen and oxygen atoms in total. The average Bonchev–Trinajstić information content (AvgIpc) is 2.85. The Hall–Kier alpha value is -1.20. The summed E-state index contributed by atoms with van der Waals surface area (Å²) in [6.45, 7) is 8.01. The number of rotatable bonds is 4. The molecule has 0 saturated carbocycles. The van der Waals surface area contributed by atoms with E-state index in [2.05, 4.69) is 23.2 Å². The fourth-order valence-electron chi connectivity index (χ4n) is 1.86. The highest BCUT2D eigenvalue weighted by Crippen LogP contribution is 2.28. The molecule has 0 bridgehead atoms. The van der Waals surface area contributed by atoms with Crippen molar-refractivity contribution in [3.63, 3.8) is 0 Å². The van der Waals surface area contributed by atoms with Crippen LogP contribution in [0.25, 0.3) is 0 Å². The molecule has 0 saturated heterocycles. The predicted octanol–water partition coefficient (Wildman–Crippen LogP) is 3.83. The van der Waals surface area contributed by atoms with E-state index in [1.807, 2.05) is 26.8 Å². The molecule has 0 radical (unpaired) electrons. The lowest BCUT2D eigenvalue weighted by molar-refractivity contribution is 0.0993. The highest BCUT2D eigenvalue weighted by Gasteiger charge is 2.20. The van der Waals surface area contributed by atoms with Crippen molar-refractivity contribution in [2.45, 2.75) is 37.3 Å². The molecule has 0 fully saturated rings. The van der Waals surface area contributed by atoms with E-state index in [1.54, 1.807) is 5.51 Å². The van der Waals surface area contributed by atoms with Gasteiger partial charge in [-0.25, -0.2) is 0 Å². The number of benzene rings is 1. The molecule has 1 aromatic carbocycles. The number of nitrogens with zero attached hydrogens (tertiary/aromatic N) is 2. The molecule has 5 heteroatoms. The van der Waals surface area contributed by atoms with Gasteiger partial charge < -0.3 is 0 Å². The fraction of sp³-hybridized carbons (Fsp3) is 0.357. The van der Waals surface area contributed by atoms with Crippen LogP contribution in [0.3, 0.4) is 0 Å². The molecule has 0 aliphatic carbocycles.